The average Bonchev–Trinajstić information content (AvgIpc) is 3.08. The van der Waals surface area contributed by atoms with E-state index in [0.29, 0.717) is 6.04 Å². The third kappa shape index (κ3) is 15.1. The minimum Gasteiger partial charge on any atom is -0.362 e. The maximum Gasteiger partial charge on any atom is 0.470 e. The van der Waals surface area contributed by atoms with Crippen molar-refractivity contribution in [3.63, 3.8) is 0 Å². The Morgan fingerprint density at radius 2 is 1.62 bits per heavy atom. The van der Waals surface area contributed by atoms with Gasteiger partial charge in [-0.2, -0.15) is 13.2 Å². The number of primary amides is 1. The first-order chi connectivity index (χ1) is 22.9. The van der Waals surface area contributed by atoms with Gasteiger partial charge in [-0.1, -0.05) is 30.9 Å². The van der Waals surface area contributed by atoms with E-state index in [2.05, 4.69) is 74.8 Å². The predicted molar refractivity (Wildman–Crippen MR) is 181 cm³/mol. The summed E-state index contributed by atoms with van der Waals surface area (Å²) in [5.41, 5.74) is 8.93. The zero-order valence-corrected chi connectivity index (χ0v) is 27.1. The van der Waals surface area contributed by atoms with E-state index in [0.717, 1.165) is 49.0 Å². The molecule has 258 valence electrons. The van der Waals surface area contributed by atoms with Crippen LogP contribution in [0.1, 0.15) is 36.5 Å². The van der Waals surface area contributed by atoms with Crippen molar-refractivity contribution < 1.29 is 31.9 Å². The van der Waals surface area contributed by atoms with Crippen molar-refractivity contribution in [3.05, 3.63) is 114 Å². The molecule has 0 saturated carbocycles. The molecule has 48 heavy (non-hydrogen) atoms. The SMILES string of the molecule is C=C/C=C(\N=C(C)Nc1ccc(CN2CCC(N(C)Cc3cccnc3)CC2)cc1)c1ccc(F)cc1.C=O.C=O.NC(=O)C(F)(F)F. The zero-order chi connectivity index (χ0) is 36.1. The van der Waals surface area contributed by atoms with E-state index in [-0.39, 0.29) is 5.82 Å². The van der Waals surface area contributed by atoms with Crippen LogP contribution in [-0.4, -0.2) is 72.5 Å². The Balaban J connectivity index is 0.000000918. The molecule has 2 aromatic carbocycles. The van der Waals surface area contributed by atoms with Crippen LogP contribution in [-0.2, 0) is 27.5 Å². The number of anilines is 1. The number of rotatable bonds is 9. The van der Waals surface area contributed by atoms with Crippen LogP contribution in [0.25, 0.3) is 5.70 Å². The molecule has 1 amide bonds. The summed E-state index contributed by atoms with van der Waals surface area (Å²) < 4.78 is 45.4. The highest BCUT2D eigenvalue weighted by molar-refractivity contribution is 5.97. The van der Waals surface area contributed by atoms with Gasteiger partial charge in [0.05, 0.1) is 5.70 Å². The highest BCUT2D eigenvalue weighted by Gasteiger charge is 2.35. The molecule has 1 fully saturated rings. The summed E-state index contributed by atoms with van der Waals surface area (Å²) in [6.45, 7) is 13.8. The first-order valence-electron chi connectivity index (χ1n) is 14.7. The van der Waals surface area contributed by atoms with Gasteiger partial charge < -0.3 is 20.6 Å². The first-order valence-corrected chi connectivity index (χ1v) is 14.7. The molecule has 0 spiro atoms. The van der Waals surface area contributed by atoms with Gasteiger partial charge in [0.25, 0.3) is 0 Å². The average molecular weight is 671 g/mol. The summed E-state index contributed by atoms with van der Waals surface area (Å²) in [6.07, 6.45) is 4.79. The third-order valence-electron chi connectivity index (χ3n) is 7.00. The number of benzene rings is 2. The number of hydrogen-bond acceptors (Lipinski definition) is 7. The van der Waals surface area contributed by atoms with E-state index in [1.807, 2.05) is 45.0 Å². The summed E-state index contributed by atoms with van der Waals surface area (Å²) in [7, 11) is 2.22. The van der Waals surface area contributed by atoms with Gasteiger partial charge >= 0.3 is 12.1 Å². The van der Waals surface area contributed by atoms with Crippen LogP contribution in [0.15, 0.2) is 96.8 Å². The Labute approximate surface area is 278 Å². The first kappa shape index (κ1) is 41.0. The number of nitrogens with one attached hydrogen (secondary N) is 1. The topological polar surface area (TPSA) is 121 Å². The normalized spacial score (nSPS) is 13.9. The monoisotopic (exact) mass is 670 g/mol. The fourth-order valence-corrected chi connectivity index (χ4v) is 4.73. The van der Waals surface area contributed by atoms with Gasteiger partial charge in [-0.05, 0) is 99.6 Å². The third-order valence-corrected chi connectivity index (χ3v) is 7.00. The van der Waals surface area contributed by atoms with Gasteiger partial charge in [-0.25, -0.2) is 9.38 Å². The number of likely N-dealkylation sites (tertiary alicyclic amines) is 1. The van der Waals surface area contributed by atoms with Crippen LogP contribution in [0.3, 0.4) is 0 Å². The van der Waals surface area contributed by atoms with Crippen molar-refractivity contribution in [2.45, 2.75) is 45.1 Å². The number of allylic oxidation sites excluding steroid dienone is 2. The standard InChI is InChI=1S/C31H36FN5.C2H2F3NO.2CH2O/c1-4-6-31(27-10-12-28(32)13-11-27)35-24(2)34-29-14-8-25(9-15-29)23-37-19-16-30(17-20-37)36(3)22-26-7-5-18-33-21-26;3-2(4,5)1(6)7;2*1-2/h4-15,18,21,30H,1,16-17,19-20,22-23H2,2-3H3,(H,34,35);(H2,6,7);2*1H2/b31-6-;;;. The van der Waals surface area contributed by atoms with Crippen molar-refractivity contribution in [3.8, 4) is 0 Å². The Kier molecular flexibility index (Phi) is 18.6. The van der Waals surface area contributed by atoms with E-state index in [1.165, 1.54) is 36.1 Å². The lowest BCUT2D eigenvalue weighted by Gasteiger charge is -2.36. The number of aromatic nitrogens is 1. The number of amidine groups is 1. The second-order valence-corrected chi connectivity index (χ2v) is 10.5. The van der Waals surface area contributed by atoms with Crippen LogP contribution in [0.2, 0.25) is 0 Å². The van der Waals surface area contributed by atoms with Crippen molar-refractivity contribution in [1.82, 2.24) is 14.8 Å². The number of hydrogen-bond donors (Lipinski definition) is 2. The lowest BCUT2D eigenvalue weighted by atomic mass is 10.0. The van der Waals surface area contributed by atoms with Crippen molar-refractivity contribution >= 4 is 36.7 Å². The molecule has 3 N–H and O–H groups in total. The van der Waals surface area contributed by atoms with Crippen molar-refractivity contribution in [1.29, 1.82) is 0 Å². The minimum absolute atomic E-state index is 0.266. The molecule has 4 rings (SSSR count). The Hall–Kier alpha value is -5.01. The maximum absolute atomic E-state index is 13.3. The number of pyridine rings is 1. The van der Waals surface area contributed by atoms with Crippen molar-refractivity contribution in [2.24, 2.45) is 10.7 Å². The fourth-order valence-electron chi connectivity index (χ4n) is 4.73. The van der Waals surface area contributed by atoms with Gasteiger partial charge in [0.15, 0.2) is 0 Å². The van der Waals surface area contributed by atoms with Gasteiger partial charge in [0, 0.05) is 42.8 Å². The fraction of sp³-hybridized carbons (Fsp3) is 0.286. The van der Waals surface area contributed by atoms with Gasteiger partial charge in [0.1, 0.15) is 25.2 Å². The van der Waals surface area contributed by atoms with Gasteiger partial charge in [-0.3, -0.25) is 19.6 Å². The van der Waals surface area contributed by atoms with Gasteiger partial charge in [-0.15, -0.1) is 0 Å². The molecule has 0 bridgehead atoms. The molecule has 9 nitrogen and oxygen atoms in total. The van der Waals surface area contributed by atoms with Crippen molar-refractivity contribution in [2.75, 3.05) is 25.5 Å². The van der Waals surface area contributed by atoms with Crippen LogP contribution < -0.4 is 11.1 Å². The van der Waals surface area contributed by atoms with Crippen LogP contribution in [0.4, 0.5) is 23.2 Å². The molecule has 1 aromatic heterocycles. The highest BCUT2D eigenvalue weighted by atomic mass is 19.4. The van der Waals surface area contributed by atoms with E-state index in [1.54, 1.807) is 18.2 Å². The summed E-state index contributed by atoms with van der Waals surface area (Å²) >= 11 is 0. The van der Waals surface area contributed by atoms with E-state index in [9.17, 15) is 17.6 Å². The Morgan fingerprint density at radius 1 is 1.04 bits per heavy atom. The van der Waals surface area contributed by atoms with E-state index in [4.69, 9.17) is 14.4 Å². The number of aliphatic imine (C=N–C) groups is 1. The zero-order valence-electron chi connectivity index (χ0n) is 27.1. The van der Waals surface area contributed by atoms with E-state index >= 15 is 0 Å². The predicted octanol–water partition coefficient (Wildman–Crippen LogP) is 6.04. The lowest BCUT2D eigenvalue weighted by molar-refractivity contribution is -0.169. The summed E-state index contributed by atoms with van der Waals surface area (Å²) in [5.74, 6) is -1.77. The lowest BCUT2D eigenvalue weighted by Crippen LogP contribution is -2.42. The molecule has 2 heterocycles. The molecule has 1 saturated heterocycles. The maximum atomic E-state index is 13.3. The van der Waals surface area contributed by atoms with Gasteiger partial charge in [0.2, 0.25) is 0 Å². The molecule has 0 unspecified atom stereocenters. The number of halogens is 4. The molecular formula is C35H42F4N6O3. The summed E-state index contributed by atoms with van der Waals surface area (Å²) in [6, 6.07) is 19.6. The van der Waals surface area contributed by atoms with Crippen LogP contribution >= 0.6 is 0 Å². The number of carbonyl (C=O) groups is 3. The molecule has 1 aliphatic heterocycles. The Bertz CT molecular complexity index is 1440. The molecule has 0 radical (unpaired) electrons. The number of carbonyl (C=O) groups excluding carboxylic acids is 3. The quantitative estimate of drug-likeness (QED) is 0.123. The molecule has 13 heteroatoms. The second-order valence-electron chi connectivity index (χ2n) is 10.5. The highest BCUT2D eigenvalue weighted by Crippen LogP contribution is 2.21. The number of piperidine rings is 1. The molecular weight excluding hydrogens is 628 g/mol. The smallest absolute Gasteiger partial charge is 0.362 e. The number of alkyl halides is 3. The minimum atomic E-state index is -4.86. The largest absolute Gasteiger partial charge is 0.470 e. The number of nitrogens with two attached hydrogens (primary N) is 1. The second kappa shape index (κ2) is 21.7. The number of amides is 1. The summed E-state index contributed by atoms with van der Waals surface area (Å²) in [4.78, 5) is 39.0. The van der Waals surface area contributed by atoms with Crippen LogP contribution in [0.5, 0.6) is 0 Å². The molecule has 3 aromatic rings. The Morgan fingerprint density at radius 3 is 2.12 bits per heavy atom. The molecule has 1 aliphatic rings. The van der Waals surface area contributed by atoms with Crippen LogP contribution in [0, 0.1) is 5.82 Å². The molecule has 0 aliphatic carbocycles. The van der Waals surface area contributed by atoms with E-state index < -0.39 is 12.1 Å². The molecule has 0 atom stereocenters. The number of nitrogens with zero attached hydrogens (tertiary/aromatic N) is 4. The summed E-state index contributed by atoms with van der Waals surface area (Å²) in [5, 5.41) is 3.36.